The van der Waals surface area contributed by atoms with Gasteiger partial charge in [-0.1, -0.05) is 55.8 Å². The summed E-state index contributed by atoms with van der Waals surface area (Å²) in [4.78, 5) is 34.7. The molecule has 11 heteroatoms. The lowest BCUT2D eigenvalue weighted by molar-refractivity contribution is -0.390. The van der Waals surface area contributed by atoms with Gasteiger partial charge in [-0.05, 0) is 34.6 Å². The molecule has 0 saturated carbocycles. The van der Waals surface area contributed by atoms with Crippen LogP contribution in [0.25, 0.3) is 0 Å². The van der Waals surface area contributed by atoms with Crippen LogP contribution in [-0.2, 0) is 4.79 Å². The molecule has 1 N–H and O–H groups in total. The Morgan fingerprint density at radius 3 is 2.53 bits per heavy atom. The van der Waals surface area contributed by atoms with Crippen LogP contribution in [0.3, 0.4) is 0 Å². The van der Waals surface area contributed by atoms with Crippen LogP contribution in [0.15, 0.2) is 24.3 Å². The molecule has 1 aromatic heterocycles. The summed E-state index contributed by atoms with van der Waals surface area (Å²) in [6, 6.07) is 5.34. The molecule has 160 valence electrons. The number of unbranched alkanes of at least 4 members (excludes halogenated alkanes) is 4. The second-order valence-corrected chi connectivity index (χ2v) is 7.23. The van der Waals surface area contributed by atoms with Gasteiger partial charge in [0, 0.05) is 17.5 Å². The lowest BCUT2D eigenvalue weighted by atomic mass is 10.1. The Labute approximate surface area is 182 Å². The summed E-state index contributed by atoms with van der Waals surface area (Å²) in [7, 11) is 0. The van der Waals surface area contributed by atoms with Gasteiger partial charge in [0.2, 0.25) is 0 Å². The van der Waals surface area contributed by atoms with Crippen LogP contribution in [0.2, 0.25) is 10.0 Å². The highest BCUT2D eigenvalue weighted by molar-refractivity contribution is 6.32. The number of nitrogens with zero attached hydrogens (tertiary/aromatic N) is 3. The SMILES string of the molecule is CCCCCCCC(=O)Oc1ccc(Cl)cc1C(=O)Nc1cc(Cl)c([N+](=O)[O-])nn1. The molecule has 30 heavy (non-hydrogen) atoms. The first-order valence-corrected chi connectivity index (χ1v) is 10.1. The summed E-state index contributed by atoms with van der Waals surface area (Å²) in [6.07, 6.45) is 5.14. The number of rotatable bonds is 10. The molecule has 0 aliphatic carbocycles. The molecule has 9 nitrogen and oxygen atoms in total. The topological polar surface area (TPSA) is 124 Å². The lowest BCUT2D eigenvalue weighted by Gasteiger charge is -2.10. The largest absolute Gasteiger partial charge is 0.426 e. The first-order chi connectivity index (χ1) is 14.3. The van der Waals surface area contributed by atoms with Gasteiger partial charge < -0.3 is 20.2 Å². The Kier molecular flexibility index (Phi) is 8.94. The third kappa shape index (κ3) is 6.93. The predicted molar refractivity (Wildman–Crippen MR) is 112 cm³/mol. The van der Waals surface area contributed by atoms with E-state index in [2.05, 4.69) is 22.4 Å². The number of hydrogen-bond donors (Lipinski definition) is 1. The van der Waals surface area contributed by atoms with Crippen LogP contribution in [0, 0.1) is 10.1 Å². The average molecular weight is 455 g/mol. The minimum atomic E-state index is -0.794. The number of esters is 1. The highest BCUT2D eigenvalue weighted by atomic mass is 35.5. The molecule has 0 saturated heterocycles. The highest BCUT2D eigenvalue weighted by Crippen LogP contribution is 2.26. The fraction of sp³-hybridized carbons (Fsp3) is 0.368. The Morgan fingerprint density at radius 1 is 1.13 bits per heavy atom. The van der Waals surface area contributed by atoms with Gasteiger partial charge in [-0.3, -0.25) is 9.59 Å². The summed E-state index contributed by atoms with van der Waals surface area (Å²) >= 11 is 11.7. The van der Waals surface area contributed by atoms with Crippen molar-refractivity contribution < 1.29 is 19.2 Å². The first-order valence-electron chi connectivity index (χ1n) is 9.31. The predicted octanol–water partition coefficient (Wildman–Crippen LogP) is 5.21. The maximum Gasteiger partial charge on any atom is 0.409 e. The average Bonchev–Trinajstić information content (AvgIpc) is 2.69. The Bertz CT molecular complexity index is 939. The molecule has 2 aromatic rings. The van der Waals surface area contributed by atoms with E-state index in [1.54, 1.807) is 0 Å². The molecule has 0 atom stereocenters. The quantitative estimate of drug-likeness (QED) is 0.171. The van der Waals surface area contributed by atoms with Crippen LogP contribution in [-0.4, -0.2) is 27.0 Å². The Morgan fingerprint density at radius 2 is 1.87 bits per heavy atom. The van der Waals surface area contributed by atoms with E-state index in [4.69, 9.17) is 27.9 Å². The molecule has 1 amide bonds. The number of anilines is 1. The minimum absolute atomic E-state index is 0.00175. The number of nitro groups is 1. The zero-order chi connectivity index (χ0) is 22.1. The van der Waals surface area contributed by atoms with Crippen LogP contribution >= 0.6 is 23.2 Å². The van der Waals surface area contributed by atoms with E-state index in [9.17, 15) is 19.7 Å². The molecule has 0 fully saturated rings. The second kappa shape index (κ2) is 11.4. The summed E-state index contributed by atoms with van der Waals surface area (Å²) < 4.78 is 5.33. The van der Waals surface area contributed by atoms with Gasteiger partial charge in [0.15, 0.2) is 5.82 Å². The van der Waals surface area contributed by atoms with E-state index in [1.807, 2.05) is 0 Å². The van der Waals surface area contributed by atoms with Gasteiger partial charge in [-0.2, -0.15) is 0 Å². The molecule has 0 bridgehead atoms. The Balaban J connectivity index is 2.08. The maximum absolute atomic E-state index is 12.6. The minimum Gasteiger partial charge on any atom is -0.426 e. The zero-order valence-corrected chi connectivity index (χ0v) is 17.7. The van der Waals surface area contributed by atoms with Crippen LogP contribution in [0.4, 0.5) is 11.6 Å². The number of aromatic nitrogens is 2. The summed E-state index contributed by atoms with van der Waals surface area (Å²) in [5.74, 6) is -1.85. The first kappa shape index (κ1) is 23.5. The summed E-state index contributed by atoms with van der Waals surface area (Å²) in [6.45, 7) is 2.11. The molecule has 0 radical (unpaired) electrons. The van der Waals surface area contributed by atoms with Gasteiger partial charge in [-0.15, -0.1) is 0 Å². The number of amides is 1. The summed E-state index contributed by atoms with van der Waals surface area (Å²) in [5, 5.41) is 20.0. The maximum atomic E-state index is 12.6. The number of carbonyl (C=O) groups is 2. The van der Waals surface area contributed by atoms with Crippen molar-refractivity contribution in [2.24, 2.45) is 0 Å². The molecule has 1 aromatic carbocycles. The third-order valence-electron chi connectivity index (χ3n) is 4.04. The van der Waals surface area contributed by atoms with Crippen molar-refractivity contribution in [2.75, 3.05) is 5.32 Å². The third-order valence-corrected chi connectivity index (χ3v) is 4.55. The van der Waals surface area contributed by atoms with Gasteiger partial charge in [0.25, 0.3) is 5.91 Å². The van der Waals surface area contributed by atoms with E-state index in [1.165, 1.54) is 18.2 Å². The van der Waals surface area contributed by atoms with Gasteiger partial charge >= 0.3 is 11.8 Å². The van der Waals surface area contributed by atoms with E-state index < -0.39 is 22.6 Å². The number of nitrogens with one attached hydrogen (secondary N) is 1. The number of benzene rings is 1. The van der Waals surface area contributed by atoms with Crippen molar-refractivity contribution in [3.63, 3.8) is 0 Å². The van der Waals surface area contributed by atoms with E-state index in [0.29, 0.717) is 6.42 Å². The van der Waals surface area contributed by atoms with E-state index >= 15 is 0 Å². The molecule has 0 unspecified atom stereocenters. The van der Waals surface area contributed by atoms with Gasteiger partial charge in [0.05, 0.1) is 10.7 Å². The monoisotopic (exact) mass is 454 g/mol. The molecule has 0 aliphatic heterocycles. The number of hydrogen-bond acceptors (Lipinski definition) is 7. The molecular weight excluding hydrogens is 435 g/mol. The number of carbonyl (C=O) groups excluding carboxylic acids is 2. The molecule has 2 rings (SSSR count). The van der Waals surface area contributed by atoms with Gasteiger partial charge in [0.1, 0.15) is 10.8 Å². The highest BCUT2D eigenvalue weighted by Gasteiger charge is 2.20. The van der Waals surface area contributed by atoms with Crippen molar-refractivity contribution in [1.82, 2.24) is 10.2 Å². The smallest absolute Gasteiger partial charge is 0.409 e. The molecule has 0 spiro atoms. The van der Waals surface area contributed by atoms with Crippen molar-refractivity contribution in [2.45, 2.75) is 45.4 Å². The normalized spacial score (nSPS) is 10.5. The van der Waals surface area contributed by atoms with E-state index in [-0.39, 0.29) is 33.6 Å². The lowest BCUT2D eigenvalue weighted by Crippen LogP contribution is -2.17. The number of ether oxygens (including phenoxy) is 1. The van der Waals surface area contributed by atoms with E-state index in [0.717, 1.165) is 31.7 Å². The van der Waals surface area contributed by atoms with Crippen molar-refractivity contribution in [1.29, 1.82) is 0 Å². The van der Waals surface area contributed by atoms with Crippen molar-refractivity contribution in [3.05, 3.63) is 50.0 Å². The molecule has 1 heterocycles. The fourth-order valence-corrected chi connectivity index (χ4v) is 2.93. The standard InChI is InChI=1S/C19H20Cl2N4O5/c1-2-3-4-5-6-7-17(26)30-15-9-8-12(20)10-13(15)19(27)22-16-11-14(21)18(24-23-16)25(28)29/h8-11H,2-7H2,1H3,(H,22,23,27). The van der Waals surface area contributed by atoms with Crippen molar-refractivity contribution in [3.8, 4) is 5.75 Å². The van der Waals surface area contributed by atoms with Crippen molar-refractivity contribution >= 4 is 46.7 Å². The van der Waals surface area contributed by atoms with Crippen LogP contribution in [0.5, 0.6) is 5.75 Å². The molecular formula is C19H20Cl2N4O5. The fourth-order valence-electron chi connectivity index (χ4n) is 2.55. The zero-order valence-electron chi connectivity index (χ0n) is 16.2. The molecule has 0 aliphatic rings. The van der Waals surface area contributed by atoms with Crippen LogP contribution in [0.1, 0.15) is 55.8 Å². The van der Waals surface area contributed by atoms with Crippen LogP contribution < -0.4 is 10.1 Å². The number of halogens is 2. The van der Waals surface area contributed by atoms with Gasteiger partial charge in [-0.25, -0.2) is 0 Å². The second-order valence-electron chi connectivity index (χ2n) is 6.39. The summed E-state index contributed by atoms with van der Waals surface area (Å²) in [5.41, 5.74) is -0.00175. The Hall–Kier alpha value is -2.78.